The molecule has 0 spiro atoms. The van der Waals surface area contributed by atoms with Crippen LogP contribution in [-0.2, 0) is 10.7 Å². The van der Waals surface area contributed by atoms with Crippen molar-refractivity contribution in [2.24, 2.45) is 0 Å². The first-order chi connectivity index (χ1) is 10.8. The van der Waals surface area contributed by atoms with E-state index >= 15 is 0 Å². The minimum Gasteiger partial charge on any atom is -0.455 e. The summed E-state index contributed by atoms with van der Waals surface area (Å²) in [7, 11) is 0. The lowest BCUT2D eigenvalue weighted by Crippen LogP contribution is -2.44. The summed E-state index contributed by atoms with van der Waals surface area (Å²) in [6.45, 7) is 4.14. The quantitative estimate of drug-likeness (QED) is 0.729. The summed E-state index contributed by atoms with van der Waals surface area (Å²) < 4.78 is 6.45. The predicted octanol–water partition coefficient (Wildman–Crippen LogP) is 4.44. The first kappa shape index (κ1) is 15.2. The molecule has 2 aromatic carbocycles. The molecule has 118 valence electrons. The lowest BCUT2D eigenvalue weighted by atomic mass is 9.90. The number of rotatable bonds is 1. The minimum absolute atomic E-state index is 0.308. The molecule has 23 heavy (non-hydrogen) atoms. The molecule has 3 nitrogen and oxygen atoms in total. The van der Waals surface area contributed by atoms with E-state index in [1.54, 1.807) is 24.3 Å². The second kappa shape index (κ2) is 4.59. The molecule has 0 aromatic heterocycles. The summed E-state index contributed by atoms with van der Waals surface area (Å²) in [6.07, 6.45) is 0. The Morgan fingerprint density at radius 2 is 1.96 bits per heavy atom. The van der Waals surface area contributed by atoms with Gasteiger partial charge in [0, 0.05) is 21.2 Å². The van der Waals surface area contributed by atoms with Crippen molar-refractivity contribution < 1.29 is 14.6 Å². The van der Waals surface area contributed by atoms with E-state index in [4.69, 9.17) is 16.3 Å². The van der Waals surface area contributed by atoms with E-state index in [1.807, 2.05) is 12.1 Å². The average Bonchev–Trinajstić information content (AvgIpc) is 2.84. The van der Waals surface area contributed by atoms with E-state index < -0.39 is 10.7 Å². The number of ketones is 1. The molecule has 4 rings (SSSR count). The van der Waals surface area contributed by atoms with Gasteiger partial charge in [-0.3, -0.25) is 4.79 Å². The van der Waals surface area contributed by atoms with Gasteiger partial charge in [0.15, 0.2) is 5.78 Å². The monoisotopic (exact) mass is 392 g/mol. The van der Waals surface area contributed by atoms with Crippen molar-refractivity contribution in [3.05, 3.63) is 63.1 Å². The van der Waals surface area contributed by atoms with Crippen LogP contribution in [0.5, 0.6) is 5.75 Å². The highest BCUT2D eigenvalue weighted by molar-refractivity contribution is 9.10. The van der Waals surface area contributed by atoms with Gasteiger partial charge in [-0.1, -0.05) is 65.6 Å². The molecule has 0 fully saturated rings. The van der Waals surface area contributed by atoms with E-state index in [2.05, 4.69) is 29.8 Å². The van der Waals surface area contributed by atoms with Crippen LogP contribution in [0.4, 0.5) is 0 Å². The molecule has 2 aromatic rings. The fraction of sp³-hybridized carbons (Fsp3) is 0.278. The Morgan fingerprint density at radius 1 is 1.22 bits per heavy atom. The number of hydrogen-bond acceptors (Lipinski definition) is 3. The molecular weight excluding hydrogens is 380 g/mol. The zero-order chi connectivity index (χ0) is 16.6. The normalized spacial score (nSPS) is 27.7. The van der Waals surface area contributed by atoms with Crippen LogP contribution < -0.4 is 4.74 Å². The maximum Gasteiger partial charge on any atom is 0.266 e. The first-order valence-electron chi connectivity index (χ1n) is 7.39. The van der Waals surface area contributed by atoms with Crippen LogP contribution >= 0.6 is 27.5 Å². The first-order valence-corrected chi connectivity index (χ1v) is 8.56. The van der Waals surface area contributed by atoms with Crippen molar-refractivity contribution in [1.29, 1.82) is 0 Å². The van der Waals surface area contributed by atoms with Crippen LogP contribution in [0.3, 0.4) is 0 Å². The number of ether oxygens (including phenoxy) is 1. The second-order valence-corrected chi connectivity index (χ2v) is 7.73. The molecule has 0 saturated carbocycles. The number of aliphatic hydroxyl groups is 1. The zero-order valence-corrected chi connectivity index (χ0v) is 14.9. The van der Waals surface area contributed by atoms with Gasteiger partial charge in [-0.05, 0) is 23.6 Å². The molecule has 0 amide bonds. The maximum atomic E-state index is 13.0. The Labute approximate surface area is 147 Å². The van der Waals surface area contributed by atoms with Crippen LogP contribution in [0.1, 0.15) is 46.8 Å². The smallest absolute Gasteiger partial charge is 0.266 e. The van der Waals surface area contributed by atoms with Gasteiger partial charge in [0.1, 0.15) is 5.75 Å². The van der Waals surface area contributed by atoms with Gasteiger partial charge in [0.25, 0.3) is 5.79 Å². The zero-order valence-electron chi connectivity index (χ0n) is 12.6. The van der Waals surface area contributed by atoms with E-state index in [-0.39, 0.29) is 5.78 Å². The topological polar surface area (TPSA) is 46.5 Å². The molecule has 1 aliphatic heterocycles. The molecule has 2 unspecified atom stereocenters. The van der Waals surface area contributed by atoms with Crippen molar-refractivity contribution in [2.75, 3.05) is 0 Å². The van der Waals surface area contributed by atoms with Gasteiger partial charge in [-0.25, -0.2) is 0 Å². The van der Waals surface area contributed by atoms with Gasteiger partial charge in [-0.15, -0.1) is 0 Å². The summed E-state index contributed by atoms with van der Waals surface area (Å²) in [5, 5.41) is 11.2. The van der Waals surface area contributed by atoms with Gasteiger partial charge in [-0.2, -0.15) is 0 Å². The molecule has 2 atom stereocenters. The molecule has 1 heterocycles. The number of Topliss-reactive ketones (excluding diaryl/α,β-unsaturated/α-hetero) is 1. The standard InChI is InChI=1S/C18H14BrClO3/c1-9(2)10-6-7-11-14(8-10)23-18(22)12-4-3-5-13(19)15(12)16(21)17(11,18)20/h3-9,22H,1-2H3. The predicted molar refractivity (Wildman–Crippen MR) is 91.1 cm³/mol. The molecule has 2 aliphatic rings. The molecule has 1 N–H and O–H groups in total. The summed E-state index contributed by atoms with van der Waals surface area (Å²) >= 11 is 10.1. The molecule has 0 bridgehead atoms. The number of carbonyl (C=O) groups excluding carboxylic acids is 1. The van der Waals surface area contributed by atoms with E-state index in [0.717, 1.165) is 5.56 Å². The number of fused-ring (bicyclic) bond motifs is 5. The van der Waals surface area contributed by atoms with Gasteiger partial charge in [0.2, 0.25) is 4.87 Å². The van der Waals surface area contributed by atoms with Crippen LogP contribution in [0.15, 0.2) is 40.9 Å². The Bertz CT molecular complexity index is 863. The summed E-state index contributed by atoms with van der Waals surface area (Å²) in [6, 6.07) is 10.7. The van der Waals surface area contributed by atoms with Crippen LogP contribution in [0.2, 0.25) is 0 Å². The Kier molecular flexibility index (Phi) is 3.03. The van der Waals surface area contributed by atoms with Crippen molar-refractivity contribution in [3.63, 3.8) is 0 Å². The SMILES string of the molecule is CC(C)c1ccc2c(c1)OC1(O)c3cccc(Br)c3C(=O)C21Cl. The third-order valence-electron chi connectivity index (χ3n) is 4.69. The van der Waals surface area contributed by atoms with Gasteiger partial charge in [0.05, 0.1) is 0 Å². The molecule has 0 saturated heterocycles. The largest absolute Gasteiger partial charge is 0.455 e. The van der Waals surface area contributed by atoms with E-state index in [1.165, 1.54) is 0 Å². The highest BCUT2D eigenvalue weighted by atomic mass is 79.9. The average molecular weight is 394 g/mol. The Hall–Kier alpha value is -1.36. The second-order valence-electron chi connectivity index (χ2n) is 6.31. The Morgan fingerprint density at radius 3 is 2.65 bits per heavy atom. The van der Waals surface area contributed by atoms with Crippen LogP contribution in [0, 0.1) is 0 Å². The number of alkyl halides is 1. The van der Waals surface area contributed by atoms with Crippen molar-refractivity contribution in [1.82, 2.24) is 0 Å². The van der Waals surface area contributed by atoms with Crippen molar-refractivity contribution >= 4 is 33.3 Å². The fourth-order valence-corrected chi connectivity index (χ4v) is 4.34. The molecule has 0 radical (unpaired) electrons. The number of halogens is 2. The minimum atomic E-state index is -1.89. The van der Waals surface area contributed by atoms with Gasteiger partial charge < -0.3 is 9.84 Å². The summed E-state index contributed by atoms with van der Waals surface area (Å²) in [5.41, 5.74) is 2.35. The van der Waals surface area contributed by atoms with Crippen molar-refractivity contribution in [2.45, 2.75) is 30.4 Å². The summed E-state index contributed by atoms with van der Waals surface area (Å²) in [5.74, 6) is -1.46. The number of hydrogen-bond donors (Lipinski definition) is 1. The van der Waals surface area contributed by atoms with E-state index in [9.17, 15) is 9.90 Å². The lowest BCUT2D eigenvalue weighted by molar-refractivity contribution is -0.144. The fourth-order valence-electron chi connectivity index (χ4n) is 3.41. The Balaban J connectivity index is 1.98. The molecule has 1 aliphatic carbocycles. The molecule has 5 heteroatoms. The van der Waals surface area contributed by atoms with E-state index in [0.29, 0.717) is 32.8 Å². The lowest BCUT2D eigenvalue weighted by Gasteiger charge is -2.28. The molecular formula is C18H14BrClO3. The third kappa shape index (κ3) is 1.66. The van der Waals surface area contributed by atoms with Crippen molar-refractivity contribution in [3.8, 4) is 5.75 Å². The number of carbonyl (C=O) groups is 1. The maximum absolute atomic E-state index is 13.0. The van der Waals surface area contributed by atoms with Crippen LogP contribution in [0.25, 0.3) is 0 Å². The highest BCUT2D eigenvalue weighted by Crippen LogP contribution is 2.62. The van der Waals surface area contributed by atoms with Crippen LogP contribution in [-0.4, -0.2) is 10.9 Å². The summed E-state index contributed by atoms with van der Waals surface area (Å²) in [4.78, 5) is 11.4. The highest BCUT2D eigenvalue weighted by Gasteiger charge is 2.70. The van der Waals surface area contributed by atoms with Gasteiger partial charge >= 0.3 is 0 Å². The number of benzene rings is 2. The third-order valence-corrected chi connectivity index (χ3v) is 5.98.